The van der Waals surface area contributed by atoms with E-state index >= 15 is 0 Å². The Bertz CT molecular complexity index is 213. The molecular weight excluding hydrogens is 164 g/mol. The summed E-state index contributed by atoms with van der Waals surface area (Å²) in [6.07, 6.45) is 5.85. The van der Waals surface area contributed by atoms with Crippen LogP contribution in [0.2, 0.25) is 0 Å². The zero-order valence-corrected chi connectivity index (χ0v) is 8.63. The Morgan fingerprint density at radius 3 is 2.54 bits per heavy atom. The van der Waals surface area contributed by atoms with E-state index in [1.54, 1.807) is 7.05 Å². The van der Waals surface area contributed by atoms with E-state index in [1.807, 2.05) is 13.8 Å². The molecule has 74 valence electrons. The third kappa shape index (κ3) is 2.74. The molecule has 1 atom stereocenters. The molecule has 0 aromatic carbocycles. The summed E-state index contributed by atoms with van der Waals surface area (Å²) in [6, 6.07) is 0. The second-order valence-corrected chi connectivity index (χ2v) is 3.48. The first-order valence-corrected chi connectivity index (χ1v) is 4.41. The standard InChI is InChI=1S/C10H18N2O/c1-5-7-12(4)9(13)10(3,6-2)8-11/h1H,6-8,11H2,2-4H3. The van der Waals surface area contributed by atoms with Crippen molar-refractivity contribution in [3.8, 4) is 12.3 Å². The summed E-state index contributed by atoms with van der Waals surface area (Å²) in [5, 5.41) is 0. The Balaban J connectivity index is 4.48. The number of carbonyl (C=O) groups excluding carboxylic acids is 1. The van der Waals surface area contributed by atoms with E-state index in [-0.39, 0.29) is 5.91 Å². The van der Waals surface area contributed by atoms with E-state index in [0.717, 1.165) is 6.42 Å². The molecule has 0 heterocycles. The summed E-state index contributed by atoms with van der Waals surface area (Å²) in [5.74, 6) is 2.46. The van der Waals surface area contributed by atoms with Gasteiger partial charge in [0, 0.05) is 13.6 Å². The first-order chi connectivity index (χ1) is 6.01. The third-order valence-corrected chi connectivity index (χ3v) is 2.42. The Hall–Kier alpha value is -1.01. The van der Waals surface area contributed by atoms with Gasteiger partial charge in [-0.25, -0.2) is 0 Å². The van der Waals surface area contributed by atoms with Crippen LogP contribution in [0, 0.1) is 17.8 Å². The number of nitrogens with two attached hydrogens (primary N) is 1. The Morgan fingerprint density at radius 2 is 2.23 bits per heavy atom. The summed E-state index contributed by atoms with van der Waals surface area (Å²) < 4.78 is 0. The molecule has 13 heavy (non-hydrogen) atoms. The van der Waals surface area contributed by atoms with Gasteiger partial charge < -0.3 is 10.6 Å². The zero-order chi connectivity index (χ0) is 10.5. The van der Waals surface area contributed by atoms with Gasteiger partial charge in [0.2, 0.25) is 5.91 Å². The molecule has 0 aromatic heterocycles. The molecule has 3 nitrogen and oxygen atoms in total. The van der Waals surface area contributed by atoms with Crippen molar-refractivity contribution in [3.05, 3.63) is 0 Å². The highest BCUT2D eigenvalue weighted by atomic mass is 16.2. The van der Waals surface area contributed by atoms with Gasteiger partial charge in [0.1, 0.15) is 0 Å². The van der Waals surface area contributed by atoms with Crippen LogP contribution in [0.25, 0.3) is 0 Å². The van der Waals surface area contributed by atoms with Gasteiger partial charge in [0.15, 0.2) is 0 Å². The molecule has 1 amide bonds. The fourth-order valence-electron chi connectivity index (χ4n) is 1.05. The highest BCUT2D eigenvalue weighted by Crippen LogP contribution is 2.21. The van der Waals surface area contributed by atoms with Crippen molar-refractivity contribution < 1.29 is 4.79 Å². The molecule has 3 heteroatoms. The molecule has 0 saturated heterocycles. The lowest BCUT2D eigenvalue weighted by Gasteiger charge is -2.29. The number of carbonyl (C=O) groups is 1. The lowest BCUT2D eigenvalue weighted by atomic mass is 9.86. The molecule has 0 aliphatic rings. The number of terminal acetylenes is 1. The molecule has 0 aliphatic carbocycles. The molecule has 0 saturated carbocycles. The molecule has 0 rings (SSSR count). The predicted molar refractivity (Wildman–Crippen MR) is 53.9 cm³/mol. The average molecular weight is 182 g/mol. The van der Waals surface area contributed by atoms with Crippen molar-refractivity contribution in [2.24, 2.45) is 11.1 Å². The molecule has 0 aromatic rings. The molecule has 0 bridgehead atoms. The molecule has 2 N–H and O–H groups in total. The zero-order valence-electron chi connectivity index (χ0n) is 8.63. The van der Waals surface area contributed by atoms with E-state index < -0.39 is 5.41 Å². The summed E-state index contributed by atoms with van der Waals surface area (Å²) in [7, 11) is 1.70. The summed E-state index contributed by atoms with van der Waals surface area (Å²) in [5.41, 5.74) is 5.09. The average Bonchev–Trinajstić information content (AvgIpc) is 2.16. The van der Waals surface area contributed by atoms with Crippen molar-refractivity contribution in [3.63, 3.8) is 0 Å². The Kier molecular flexibility index (Phi) is 4.50. The van der Waals surface area contributed by atoms with Crippen LogP contribution in [0.5, 0.6) is 0 Å². The van der Waals surface area contributed by atoms with Crippen molar-refractivity contribution in [1.82, 2.24) is 4.90 Å². The minimum atomic E-state index is -0.467. The van der Waals surface area contributed by atoms with Gasteiger partial charge in [0.05, 0.1) is 12.0 Å². The number of amides is 1. The van der Waals surface area contributed by atoms with Crippen LogP contribution in [-0.2, 0) is 4.79 Å². The minimum absolute atomic E-state index is 0.0236. The van der Waals surface area contributed by atoms with Crippen molar-refractivity contribution in [1.29, 1.82) is 0 Å². The summed E-state index contributed by atoms with van der Waals surface area (Å²) >= 11 is 0. The number of rotatable bonds is 4. The van der Waals surface area contributed by atoms with Crippen LogP contribution in [0.3, 0.4) is 0 Å². The van der Waals surface area contributed by atoms with E-state index in [2.05, 4.69) is 5.92 Å². The largest absolute Gasteiger partial charge is 0.334 e. The smallest absolute Gasteiger partial charge is 0.230 e. The van der Waals surface area contributed by atoms with E-state index in [9.17, 15) is 4.79 Å². The highest BCUT2D eigenvalue weighted by Gasteiger charge is 2.31. The van der Waals surface area contributed by atoms with Crippen LogP contribution in [-0.4, -0.2) is 30.9 Å². The molecule has 0 spiro atoms. The lowest BCUT2D eigenvalue weighted by molar-refractivity contribution is -0.138. The van der Waals surface area contributed by atoms with E-state index in [4.69, 9.17) is 12.2 Å². The van der Waals surface area contributed by atoms with Crippen LogP contribution in [0.1, 0.15) is 20.3 Å². The van der Waals surface area contributed by atoms with Gasteiger partial charge >= 0.3 is 0 Å². The topological polar surface area (TPSA) is 46.3 Å². The number of nitrogens with zero attached hydrogens (tertiary/aromatic N) is 1. The monoisotopic (exact) mass is 182 g/mol. The fraction of sp³-hybridized carbons (Fsp3) is 0.700. The summed E-state index contributed by atoms with van der Waals surface area (Å²) in [4.78, 5) is 13.3. The van der Waals surface area contributed by atoms with Crippen LogP contribution >= 0.6 is 0 Å². The molecule has 0 fully saturated rings. The Labute approximate surface area is 80.3 Å². The quantitative estimate of drug-likeness (QED) is 0.642. The Morgan fingerprint density at radius 1 is 1.69 bits per heavy atom. The SMILES string of the molecule is C#CCN(C)C(=O)C(C)(CC)CN. The van der Waals surface area contributed by atoms with Gasteiger partial charge in [-0.1, -0.05) is 12.8 Å². The first kappa shape index (κ1) is 12.0. The number of hydrogen-bond donors (Lipinski definition) is 1. The van der Waals surface area contributed by atoms with E-state index in [0.29, 0.717) is 13.1 Å². The summed E-state index contributed by atoms with van der Waals surface area (Å²) in [6.45, 7) is 4.52. The highest BCUT2D eigenvalue weighted by molar-refractivity contribution is 5.82. The van der Waals surface area contributed by atoms with Gasteiger partial charge in [-0.2, -0.15) is 0 Å². The van der Waals surface area contributed by atoms with Crippen molar-refractivity contribution >= 4 is 5.91 Å². The third-order valence-electron chi connectivity index (χ3n) is 2.42. The van der Waals surface area contributed by atoms with Crippen LogP contribution < -0.4 is 5.73 Å². The molecule has 0 radical (unpaired) electrons. The van der Waals surface area contributed by atoms with Gasteiger partial charge in [-0.05, 0) is 13.3 Å². The second-order valence-electron chi connectivity index (χ2n) is 3.48. The first-order valence-electron chi connectivity index (χ1n) is 4.41. The maximum atomic E-state index is 11.8. The van der Waals surface area contributed by atoms with Gasteiger partial charge in [0.25, 0.3) is 0 Å². The normalized spacial score (nSPS) is 14.4. The second kappa shape index (κ2) is 4.88. The van der Waals surface area contributed by atoms with Crippen molar-refractivity contribution in [2.75, 3.05) is 20.1 Å². The van der Waals surface area contributed by atoms with E-state index in [1.165, 1.54) is 4.90 Å². The van der Waals surface area contributed by atoms with Crippen molar-refractivity contribution in [2.45, 2.75) is 20.3 Å². The van der Waals surface area contributed by atoms with Crippen LogP contribution in [0.15, 0.2) is 0 Å². The number of hydrogen-bond acceptors (Lipinski definition) is 2. The molecular formula is C10H18N2O. The minimum Gasteiger partial charge on any atom is -0.334 e. The lowest BCUT2D eigenvalue weighted by Crippen LogP contribution is -2.44. The maximum Gasteiger partial charge on any atom is 0.230 e. The van der Waals surface area contributed by atoms with Gasteiger partial charge in [-0.15, -0.1) is 6.42 Å². The molecule has 0 aliphatic heterocycles. The molecule has 1 unspecified atom stereocenters. The predicted octanol–water partition coefficient (Wildman–Crippen LogP) is 0.453. The maximum absolute atomic E-state index is 11.8. The fourth-order valence-corrected chi connectivity index (χ4v) is 1.05. The van der Waals surface area contributed by atoms with Crippen LogP contribution in [0.4, 0.5) is 0 Å². The van der Waals surface area contributed by atoms with Gasteiger partial charge in [-0.3, -0.25) is 4.79 Å².